The SMILES string of the molecule is Cc1nc(-c2nc(NC(=O)C3CC3)sc2-c2ccccc2)no1. The molecule has 1 saturated carbocycles. The van der Waals surface area contributed by atoms with Crippen molar-refractivity contribution in [1.82, 2.24) is 15.1 Å². The summed E-state index contributed by atoms with van der Waals surface area (Å²) in [7, 11) is 0. The van der Waals surface area contributed by atoms with Gasteiger partial charge in [-0.1, -0.05) is 46.8 Å². The second-order valence-corrected chi connectivity index (χ2v) is 6.46. The highest BCUT2D eigenvalue weighted by Crippen LogP contribution is 2.39. The molecular weight excluding hydrogens is 312 g/mol. The lowest BCUT2D eigenvalue weighted by atomic mass is 10.1. The van der Waals surface area contributed by atoms with Crippen molar-refractivity contribution >= 4 is 22.4 Å². The van der Waals surface area contributed by atoms with Crippen molar-refractivity contribution in [2.24, 2.45) is 5.92 Å². The van der Waals surface area contributed by atoms with Gasteiger partial charge in [-0.3, -0.25) is 4.79 Å². The summed E-state index contributed by atoms with van der Waals surface area (Å²) in [6.45, 7) is 1.74. The summed E-state index contributed by atoms with van der Waals surface area (Å²) in [6.07, 6.45) is 1.92. The molecule has 0 aliphatic heterocycles. The molecule has 1 aliphatic carbocycles. The summed E-state index contributed by atoms with van der Waals surface area (Å²) < 4.78 is 5.06. The van der Waals surface area contributed by atoms with E-state index in [0.29, 0.717) is 22.5 Å². The van der Waals surface area contributed by atoms with Crippen LogP contribution in [0.2, 0.25) is 0 Å². The number of anilines is 1. The lowest BCUT2D eigenvalue weighted by molar-refractivity contribution is -0.117. The molecule has 0 bridgehead atoms. The van der Waals surface area contributed by atoms with Gasteiger partial charge in [0, 0.05) is 12.8 Å². The van der Waals surface area contributed by atoms with Crippen LogP contribution in [-0.4, -0.2) is 21.0 Å². The highest BCUT2D eigenvalue weighted by Gasteiger charge is 2.30. The van der Waals surface area contributed by atoms with E-state index in [4.69, 9.17) is 4.52 Å². The number of nitrogens with one attached hydrogen (secondary N) is 1. The molecule has 0 spiro atoms. The quantitative estimate of drug-likeness (QED) is 0.793. The Morgan fingerprint density at radius 2 is 2.04 bits per heavy atom. The largest absolute Gasteiger partial charge is 0.339 e. The topological polar surface area (TPSA) is 80.9 Å². The molecule has 0 atom stereocenters. The fourth-order valence-electron chi connectivity index (χ4n) is 2.26. The van der Waals surface area contributed by atoms with E-state index < -0.39 is 0 Å². The van der Waals surface area contributed by atoms with Crippen LogP contribution >= 0.6 is 11.3 Å². The van der Waals surface area contributed by atoms with E-state index in [1.807, 2.05) is 30.3 Å². The molecule has 0 saturated heterocycles. The zero-order valence-electron chi connectivity index (χ0n) is 12.4. The van der Waals surface area contributed by atoms with Crippen LogP contribution < -0.4 is 5.32 Å². The maximum absolute atomic E-state index is 12.0. The maximum atomic E-state index is 12.0. The Morgan fingerprint density at radius 1 is 1.26 bits per heavy atom. The van der Waals surface area contributed by atoms with Gasteiger partial charge in [0.05, 0.1) is 4.88 Å². The number of nitrogens with zero attached hydrogens (tertiary/aromatic N) is 3. The third-order valence-electron chi connectivity index (χ3n) is 3.58. The summed E-state index contributed by atoms with van der Waals surface area (Å²) in [5.74, 6) is 1.09. The molecule has 7 heteroatoms. The summed E-state index contributed by atoms with van der Waals surface area (Å²) in [4.78, 5) is 21.7. The van der Waals surface area contributed by atoms with Crippen molar-refractivity contribution in [2.75, 3.05) is 5.32 Å². The van der Waals surface area contributed by atoms with Crippen LogP contribution in [0, 0.1) is 12.8 Å². The minimum absolute atomic E-state index is 0.0363. The molecule has 3 aromatic rings. The van der Waals surface area contributed by atoms with E-state index in [1.165, 1.54) is 11.3 Å². The number of amides is 1. The highest BCUT2D eigenvalue weighted by atomic mass is 32.1. The van der Waals surface area contributed by atoms with Gasteiger partial charge in [0.15, 0.2) is 5.13 Å². The van der Waals surface area contributed by atoms with Crippen molar-refractivity contribution < 1.29 is 9.32 Å². The molecule has 1 aliphatic rings. The van der Waals surface area contributed by atoms with Crippen molar-refractivity contribution in [2.45, 2.75) is 19.8 Å². The molecule has 23 heavy (non-hydrogen) atoms. The third kappa shape index (κ3) is 2.87. The summed E-state index contributed by atoms with van der Waals surface area (Å²) in [5, 5.41) is 7.42. The predicted molar refractivity (Wildman–Crippen MR) is 86.9 cm³/mol. The van der Waals surface area contributed by atoms with E-state index in [-0.39, 0.29) is 11.8 Å². The minimum Gasteiger partial charge on any atom is -0.339 e. The van der Waals surface area contributed by atoms with Crippen LogP contribution in [0.4, 0.5) is 5.13 Å². The number of thiazole rings is 1. The highest BCUT2D eigenvalue weighted by molar-refractivity contribution is 7.19. The van der Waals surface area contributed by atoms with Crippen molar-refractivity contribution in [3.8, 4) is 22.0 Å². The fourth-order valence-corrected chi connectivity index (χ4v) is 3.23. The van der Waals surface area contributed by atoms with Crippen molar-refractivity contribution in [1.29, 1.82) is 0 Å². The average Bonchev–Trinajstić information content (AvgIpc) is 3.21. The summed E-state index contributed by atoms with van der Waals surface area (Å²) in [6, 6.07) is 9.87. The van der Waals surface area contributed by atoms with Crippen LogP contribution in [0.25, 0.3) is 22.0 Å². The van der Waals surface area contributed by atoms with E-state index in [0.717, 1.165) is 23.3 Å². The zero-order valence-corrected chi connectivity index (χ0v) is 13.3. The Kier molecular flexibility index (Phi) is 3.42. The Balaban J connectivity index is 1.75. The lowest BCUT2D eigenvalue weighted by Gasteiger charge is -1.98. The van der Waals surface area contributed by atoms with Crippen LogP contribution in [0.5, 0.6) is 0 Å². The van der Waals surface area contributed by atoms with Crippen molar-refractivity contribution in [3.05, 3.63) is 36.2 Å². The molecule has 1 aromatic carbocycles. The standard InChI is InChI=1S/C16H14N4O2S/c1-9-17-14(20-22-9)12-13(10-5-3-2-4-6-10)23-16(18-12)19-15(21)11-7-8-11/h2-6,11H,7-8H2,1H3,(H,18,19,21). The number of carbonyl (C=O) groups is 1. The first-order valence-corrected chi connectivity index (χ1v) is 8.20. The van der Waals surface area contributed by atoms with E-state index in [9.17, 15) is 4.79 Å². The van der Waals surface area contributed by atoms with E-state index >= 15 is 0 Å². The molecule has 2 heterocycles. The molecule has 1 N–H and O–H groups in total. The molecule has 0 unspecified atom stereocenters. The normalized spacial score (nSPS) is 14.0. The van der Waals surface area contributed by atoms with E-state index in [1.54, 1.807) is 6.92 Å². The van der Waals surface area contributed by atoms with Gasteiger partial charge in [-0.2, -0.15) is 4.98 Å². The number of hydrogen-bond donors (Lipinski definition) is 1. The number of aromatic nitrogens is 3. The first kappa shape index (κ1) is 14.1. The van der Waals surface area contributed by atoms with Gasteiger partial charge in [0.2, 0.25) is 17.6 Å². The second kappa shape index (κ2) is 5.58. The molecular formula is C16H14N4O2S. The van der Waals surface area contributed by atoms with E-state index in [2.05, 4.69) is 20.4 Å². The minimum atomic E-state index is 0.0363. The van der Waals surface area contributed by atoms with Crippen LogP contribution in [0.15, 0.2) is 34.9 Å². The van der Waals surface area contributed by atoms with Gasteiger partial charge in [-0.05, 0) is 18.4 Å². The molecule has 6 nitrogen and oxygen atoms in total. The number of rotatable bonds is 4. The third-order valence-corrected chi connectivity index (χ3v) is 4.60. The molecule has 0 radical (unpaired) electrons. The lowest BCUT2D eigenvalue weighted by Crippen LogP contribution is -2.12. The van der Waals surface area contributed by atoms with Gasteiger partial charge in [0.25, 0.3) is 0 Å². The Morgan fingerprint density at radius 3 is 2.70 bits per heavy atom. The smallest absolute Gasteiger partial charge is 0.229 e. The van der Waals surface area contributed by atoms with Gasteiger partial charge >= 0.3 is 0 Å². The number of hydrogen-bond acceptors (Lipinski definition) is 6. The molecule has 1 fully saturated rings. The molecule has 4 rings (SSSR count). The number of aryl methyl sites for hydroxylation is 1. The van der Waals surface area contributed by atoms with Crippen LogP contribution in [-0.2, 0) is 4.79 Å². The Bertz CT molecular complexity index is 852. The van der Waals surface area contributed by atoms with Gasteiger partial charge in [-0.25, -0.2) is 4.98 Å². The first-order chi connectivity index (χ1) is 11.2. The maximum Gasteiger partial charge on any atom is 0.229 e. The van der Waals surface area contributed by atoms with Gasteiger partial charge in [-0.15, -0.1) is 0 Å². The van der Waals surface area contributed by atoms with Gasteiger partial charge < -0.3 is 9.84 Å². The molecule has 116 valence electrons. The average molecular weight is 326 g/mol. The Hall–Kier alpha value is -2.54. The zero-order chi connectivity index (χ0) is 15.8. The fraction of sp³-hybridized carbons (Fsp3) is 0.250. The van der Waals surface area contributed by atoms with Crippen LogP contribution in [0.1, 0.15) is 18.7 Å². The van der Waals surface area contributed by atoms with Crippen LogP contribution in [0.3, 0.4) is 0 Å². The number of benzene rings is 1. The summed E-state index contributed by atoms with van der Waals surface area (Å²) >= 11 is 1.43. The van der Waals surface area contributed by atoms with Gasteiger partial charge in [0.1, 0.15) is 5.69 Å². The molecule has 2 aromatic heterocycles. The molecule has 1 amide bonds. The Labute approximate surface area is 136 Å². The van der Waals surface area contributed by atoms with Crippen molar-refractivity contribution in [3.63, 3.8) is 0 Å². The predicted octanol–water partition coefficient (Wildman–Crippen LogP) is 3.52. The monoisotopic (exact) mass is 326 g/mol. The summed E-state index contributed by atoms with van der Waals surface area (Å²) in [5.41, 5.74) is 1.64. The number of carbonyl (C=O) groups excluding carboxylic acids is 1. The second-order valence-electron chi connectivity index (χ2n) is 5.46. The first-order valence-electron chi connectivity index (χ1n) is 7.38.